The molecule has 6 heteroatoms. The van der Waals surface area contributed by atoms with Crippen LogP contribution in [0.1, 0.15) is 5.56 Å². The van der Waals surface area contributed by atoms with Gasteiger partial charge in [-0.3, -0.25) is 4.79 Å². The predicted molar refractivity (Wildman–Crippen MR) is 83.2 cm³/mol. The average molecular weight is 373 g/mol. The Bertz CT molecular complexity index is 699. The number of nitrogens with one attached hydrogen (secondary N) is 1. The third-order valence-electron chi connectivity index (χ3n) is 2.59. The topological polar surface area (TPSA) is 29.1 Å². The van der Waals surface area contributed by atoms with Crippen LogP contribution in [0.2, 0.25) is 5.02 Å². The first-order chi connectivity index (χ1) is 9.97. The molecule has 0 radical (unpaired) electrons. The zero-order valence-corrected chi connectivity index (χ0v) is 12.9. The lowest BCUT2D eigenvalue weighted by Gasteiger charge is -2.04. The maximum Gasteiger partial charge on any atom is 0.248 e. The van der Waals surface area contributed by atoms with Crippen molar-refractivity contribution in [1.29, 1.82) is 0 Å². The first-order valence-corrected chi connectivity index (χ1v) is 7.02. The molecule has 2 rings (SSSR count). The third kappa shape index (κ3) is 4.12. The molecule has 2 aromatic rings. The Hall–Kier alpha value is -1.72. The number of halogens is 4. The van der Waals surface area contributed by atoms with Crippen molar-refractivity contribution in [3.05, 3.63) is 69.2 Å². The van der Waals surface area contributed by atoms with E-state index in [1.807, 2.05) is 0 Å². The Balaban J connectivity index is 2.13. The van der Waals surface area contributed by atoms with Gasteiger partial charge in [0.25, 0.3) is 0 Å². The fraction of sp³-hybridized carbons (Fsp3) is 0. The maximum absolute atomic E-state index is 13.6. The minimum absolute atomic E-state index is 0.0347. The van der Waals surface area contributed by atoms with Gasteiger partial charge in [0.15, 0.2) is 0 Å². The minimum atomic E-state index is -0.587. The van der Waals surface area contributed by atoms with Gasteiger partial charge in [0.2, 0.25) is 5.91 Å². The van der Waals surface area contributed by atoms with E-state index in [4.69, 9.17) is 11.6 Å². The highest BCUT2D eigenvalue weighted by molar-refractivity contribution is 9.10. The zero-order chi connectivity index (χ0) is 15.4. The van der Waals surface area contributed by atoms with Crippen molar-refractivity contribution in [1.82, 2.24) is 0 Å². The summed E-state index contributed by atoms with van der Waals surface area (Å²) in [5.41, 5.74) is 0.137. The lowest BCUT2D eigenvalue weighted by atomic mass is 10.2. The van der Waals surface area contributed by atoms with Gasteiger partial charge in [0, 0.05) is 16.1 Å². The highest BCUT2D eigenvalue weighted by atomic mass is 79.9. The van der Waals surface area contributed by atoms with Gasteiger partial charge in [-0.2, -0.15) is 0 Å². The summed E-state index contributed by atoms with van der Waals surface area (Å²) in [6.07, 6.45) is 2.33. The number of carbonyl (C=O) groups is 1. The number of rotatable bonds is 3. The molecule has 1 amide bonds. The van der Waals surface area contributed by atoms with Crippen LogP contribution in [0.5, 0.6) is 0 Å². The Morgan fingerprint density at radius 3 is 2.62 bits per heavy atom. The molecule has 2 nitrogen and oxygen atoms in total. The van der Waals surface area contributed by atoms with Crippen molar-refractivity contribution in [3.63, 3.8) is 0 Å². The molecule has 0 saturated heterocycles. The lowest BCUT2D eigenvalue weighted by molar-refractivity contribution is -0.111. The molecule has 108 valence electrons. The fourth-order valence-electron chi connectivity index (χ4n) is 1.59. The lowest BCUT2D eigenvalue weighted by Crippen LogP contribution is -2.09. The number of carbonyl (C=O) groups excluding carboxylic acids is 1. The summed E-state index contributed by atoms with van der Waals surface area (Å²) >= 11 is 8.94. The molecule has 0 unspecified atom stereocenters. The molecule has 0 aromatic heterocycles. The van der Waals surface area contributed by atoms with Crippen LogP contribution in [0.4, 0.5) is 14.5 Å². The number of hydrogen-bond donors (Lipinski definition) is 1. The molecule has 0 heterocycles. The SMILES string of the molecule is O=C(/C=C/c1c(F)cccc1Cl)Nc1ccc(Br)cc1F. The van der Waals surface area contributed by atoms with E-state index in [2.05, 4.69) is 21.2 Å². The standard InChI is InChI=1S/C15H9BrClF2NO/c16-9-4-6-14(13(19)8-9)20-15(21)7-5-10-11(17)2-1-3-12(10)18/h1-8H,(H,20,21)/b7-5+. The van der Waals surface area contributed by atoms with E-state index in [1.165, 1.54) is 36.4 Å². The highest BCUT2D eigenvalue weighted by Crippen LogP contribution is 2.21. The van der Waals surface area contributed by atoms with E-state index in [9.17, 15) is 13.6 Å². The molecule has 0 bridgehead atoms. The summed E-state index contributed by atoms with van der Waals surface area (Å²) < 4.78 is 27.6. The Labute approximate surface area is 133 Å². The molecule has 2 aromatic carbocycles. The summed E-state index contributed by atoms with van der Waals surface area (Å²) in [4.78, 5) is 11.7. The van der Waals surface area contributed by atoms with Crippen LogP contribution in [0.25, 0.3) is 6.08 Å². The van der Waals surface area contributed by atoms with Gasteiger partial charge in [-0.15, -0.1) is 0 Å². The van der Waals surface area contributed by atoms with Crippen molar-refractivity contribution in [3.8, 4) is 0 Å². The monoisotopic (exact) mass is 371 g/mol. The van der Waals surface area contributed by atoms with Crippen molar-refractivity contribution < 1.29 is 13.6 Å². The molecule has 1 N–H and O–H groups in total. The van der Waals surface area contributed by atoms with Gasteiger partial charge < -0.3 is 5.32 Å². The van der Waals surface area contributed by atoms with Crippen molar-refractivity contribution in [2.75, 3.05) is 5.32 Å². The quantitative estimate of drug-likeness (QED) is 0.752. The van der Waals surface area contributed by atoms with Crippen molar-refractivity contribution in [2.45, 2.75) is 0 Å². The molecular formula is C15H9BrClF2NO. The van der Waals surface area contributed by atoms with Crippen LogP contribution in [-0.4, -0.2) is 5.91 Å². The fourth-order valence-corrected chi connectivity index (χ4v) is 2.15. The van der Waals surface area contributed by atoms with Gasteiger partial charge in [0.05, 0.1) is 10.7 Å². The largest absolute Gasteiger partial charge is 0.320 e. The maximum atomic E-state index is 13.6. The van der Waals surface area contributed by atoms with Gasteiger partial charge in [-0.05, 0) is 36.4 Å². The smallest absolute Gasteiger partial charge is 0.248 e. The van der Waals surface area contributed by atoms with Gasteiger partial charge >= 0.3 is 0 Å². The van der Waals surface area contributed by atoms with Crippen molar-refractivity contribution >= 4 is 45.2 Å². The van der Waals surface area contributed by atoms with Crippen LogP contribution in [0, 0.1) is 11.6 Å². The van der Waals surface area contributed by atoms with Crippen LogP contribution < -0.4 is 5.32 Å². The van der Waals surface area contributed by atoms with Crippen molar-refractivity contribution in [2.24, 2.45) is 0 Å². The summed E-state index contributed by atoms with van der Waals surface area (Å²) in [6, 6.07) is 8.45. The number of hydrogen-bond acceptors (Lipinski definition) is 1. The van der Waals surface area contributed by atoms with Crippen LogP contribution in [-0.2, 0) is 4.79 Å². The molecule has 0 saturated carbocycles. The highest BCUT2D eigenvalue weighted by Gasteiger charge is 2.07. The second-order valence-corrected chi connectivity index (χ2v) is 5.40. The van der Waals surface area contributed by atoms with Crippen LogP contribution >= 0.6 is 27.5 Å². The number of benzene rings is 2. The number of anilines is 1. The van der Waals surface area contributed by atoms with Gasteiger partial charge in [0.1, 0.15) is 11.6 Å². The van der Waals surface area contributed by atoms with Gasteiger partial charge in [-0.1, -0.05) is 33.6 Å². The summed E-state index contributed by atoms with van der Waals surface area (Å²) in [6.45, 7) is 0. The normalized spacial score (nSPS) is 10.9. The number of amides is 1. The third-order valence-corrected chi connectivity index (χ3v) is 3.41. The van der Waals surface area contributed by atoms with E-state index >= 15 is 0 Å². The van der Waals surface area contributed by atoms with E-state index in [1.54, 1.807) is 6.07 Å². The molecule has 0 spiro atoms. The molecule has 0 aliphatic rings. The van der Waals surface area contributed by atoms with Gasteiger partial charge in [-0.25, -0.2) is 8.78 Å². The summed E-state index contributed by atoms with van der Waals surface area (Å²) in [5, 5.41) is 2.55. The second kappa shape index (κ2) is 6.83. The molecular weight excluding hydrogens is 364 g/mol. The van der Waals surface area contributed by atoms with E-state index < -0.39 is 17.5 Å². The Morgan fingerprint density at radius 2 is 1.95 bits per heavy atom. The molecule has 21 heavy (non-hydrogen) atoms. The minimum Gasteiger partial charge on any atom is -0.320 e. The Morgan fingerprint density at radius 1 is 1.19 bits per heavy atom. The summed E-state index contributed by atoms with van der Waals surface area (Å²) in [7, 11) is 0. The van der Waals surface area contributed by atoms with Crippen LogP contribution in [0.3, 0.4) is 0 Å². The summed E-state index contributed by atoms with van der Waals surface area (Å²) in [5.74, 6) is -1.70. The first kappa shape index (κ1) is 15.7. The first-order valence-electron chi connectivity index (χ1n) is 5.85. The average Bonchev–Trinajstić information content (AvgIpc) is 2.41. The van der Waals surface area contributed by atoms with E-state index in [0.717, 1.165) is 6.08 Å². The molecule has 0 fully saturated rings. The molecule has 0 aliphatic heterocycles. The van der Waals surface area contributed by atoms with Crippen LogP contribution in [0.15, 0.2) is 46.9 Å². The van der Waals surface area contributed by atoms with E-state index in [0.29, 0.717) is 4.47 Å². The molecule has 0 aliphatic carbocycles. The predicted octanol–water partition coefficient (Wildman–Crippen LogP) is 5.03. The second-order valence-electron chi connectivity index (χ2n) is 4.08. The van der Waals surface area contributed by atoms with E-state index in [-0.39, 0.29) is 16.3 Å². The zero-order valence-electron chi connectivity index (χ0n) is 10.5. The Kier molecular flexibility index (Phi) is 5.09. The molecule has 0 atom stereocenters.